The fourth-order valence-corrected chi connectivity index (χ4v) is 6.18. The van der Waals surface area contributed by atoms with E-state index in [2.05, 4.69) is 21.1 Å². The number of hydroxylamine groups is 1. The molecule has 7 rings (SSSR count). The molecule has 2 unspecified atom stereocenters. The first kappa shape index (κ1) is 26.7. The third-order valence-electron chi connectivity index (χ3n) is 8.24. The number of carboxylic acids is 1. The zero-order valence-electron chi connectivity index (χ0n) is 23.3. The Bertz CT molecular complexity index is 1770. The average Bonchev–Trinajstić information content (AvgIpc) is 3.67. The molecule has 43 heavy (non-hydrogen) atoms. The molecule has 3 aliphatic heterocycles. The number of aromatic carboxylic acids is 1. The van der Waals surface area contributed by atoms with Crippen LogP contribution in [-0.2, 0) is 21.5 Å². The topological polar surface area (TPSA) is 152 Å². The van der Waals surface area contributed by atoms with Gasteiger partial charge in [-0.15, -0.1) is 5.48 Å². The van der Waals surface area contributed by atoms with Gasteiger partial charge < -0.3 is 29.7 Å². The van der Waals surface area contributed by atoms with Crippen LogP contribution in [0.1, 0.15) is 69.1 Å². The number of anilines is 1. The van der Waals surface area contributed by atoms with Gasteiger partial charge in [-0.1, -0.05) is 62.4 Å². The molecular weight excluding hydrogens is 552 g/mol. The zero-order chi connectivity index (χ0) is 29.9. The Morgan fingerprint density at radius 2 is 1.81 bits per heavy atom. The lowest BCUT2D eigenvalue weighted by Gasteiger charge is -2.28. The van der Waals surface area contributed by atoms with Crippen molar-refractivity contribution in [2.24, 2.45) is 5.92 Å². The molecule has 0 fully saturated rings. The van der Waals surface area contributed by atoms with Crippen molar-refractivity contribution < 1.29 is 33.5 Å². The number of aromatic nitrogens is 1. The largest absolute Gasteiger partial charge is 0.476 e. The van der Waals surface area contributed by atoms with Crippen LogP contribution < -0.4 is 20.9 Å². The number of carboxylic acid groups (broad SMARTS) is 1. The number of rotatable bonds is 5. The Labute approximate surface area is 246 Å². The van der Waals surface area contributed by atoms with Crippen LogP contribution in [0.3, 0.4) is 0 Å². The number of carbonyl (C=O) groups is 3. The highest BCUT2D eigenvalue weighted by Gasteiger charge is 2.61. The summed E-state index contributed by atoms with van der Waals surface area (Å²) in [5.74, 6) is -1.88. The number of nitrogens with one attached hydrogen (secondary N) is 3. The van der Waals surface area contributed by atoms with Crippen LogP contribution in [0.5, 0.6) is 5.75 Å². The van der Waals surface area contributed by atoms with Crippen LogP contribution in [-0.4, -0.2) is 40.2 Å². The number of benzene rings is 3. The Hall–Kier alpha value is -5.16. The van der Waals surface area contributed by atoms with E-state index in [1.807, 2.05) is 50.2 Å². The molecule has 3 aliphatic rings. The first-order chi connectivity index (χ1) is 20.8. The van der Waals surface area contributed by atoms with Crippen LogP contribution in [0.25, 0.3) is 0 Å². The molecule has 11 nitrogen and oxygen atoms in total. The summed E-state index contributed by atoms with van der Waals surface area (Å²) in [6.07, 6.45) is -0.551. The summed E-state index contributed by atoms with van der Waals surface area (Å²) in [7, 11) is 0. The minimum absolute atomic E-state index is 0.0541. The van der Waals surface area contributed by atoms with Crippen LogP contribution in [0.15, 0.2) is 77.2 Å². The summed E-state index contributed by atoms with van der Waals surface area (Å²) in [6.45, 7) is 3.73. The van der Waals surface area contributed by atoms with Gasteiger partial charge in [0, 0.05) is 11.3 Å². The molecule has 4 bridgehead atoms. The lowest BCUT2D eigenvalue weighted by Crippen LogP contribution is -2.48. The minimum Gasteiger partial charge on any atom is -0.476 e. The van der Waals surface area contributed by atoms with Crippen molar-refractivity contribution in [3.8, 4) is 5.75 Å². The van der Waals surface area contributed by atoms with Gasteiger partial charge >= 0.3 is 11.9 Å². The standard InChI is InChI=1S/C32H28N4O7/c1-16(2)24-28-35-25(29(38)39)26(42-28)32-19-10-6-7-11-21(19)33-31(32)41-23-13-12-17(14-20(23)32)15-22(27(37)34-24)36-43-30(40)18-8-4-3-5-9-18/h3-14,16,22,24,31,33,36H,15H2,1-2H3,(H,34,37)(H,38,39)/t22-,24-,31?,32?/m0/s1. The number of amides is 1. The number of fused-ring (bicyclic) bond motifs is 4. The molecule has 3 aromatic carbocycles. The lowest BCUT2D eigenvalue weighted by molar-refractivity contribution is -0.127. The van der Waals surface area contributed by atoms with Crippen molar-refractivity contribution >= 4 is 23.5 Å². The quantitative estimate of drug-likeness (QED) is 0.255. The molecule has 4 heterocycles. The van der Waals surface area contributed by atoms with E-state index >= 15 is 0 Å². The number of hydrogen-bond donors (Lipinski definition) is 4. The number of carbonyl (C=O) groups excluding carboxylic acids is 2. The monoisotopic (exact) mass is 580 g/mol. The van der Waals surface area contributed by atoms with Gasteiger partial charge in [-0.05, 0) is 47.7 Å². The maximum atomic E-state index is 13.7. The van der Waals surface area contributed by atoms with Crippen LogP contribution in [0.4, 0.5) is 5.69 Å². The second-order valence-corrected chi connectivity index (χ2v) is 11.2. The number of hydrogen-bond acceptors (Lipinski definition) is 9. The van der Waals surface area contributed by atoms with E-state index in [1.54, 1.807) is 36.4 Å². The minimum atomic E-state index is -1.26. The summed E-state index contributed by atoms with van der Waals surface area (Å²) in [5.41, 5.74) is 4.55. The fraction of sp³-hybridized carbons (Fsp3) is 0.250. The van der Waals surface area contributed by atoms with Gasteiger partial charge in [0.1, 0.15) is 23.2 Å². The molecule has 4 atom stereocenters. The van der Waals surface area contributed by atoms with Crippen molar-refractivity contribution in [1.82, 2.24) is 15.8 Å². The summed E-state index contributed by atoms with van der Waals surface area (Å²) in [5, 5.41) is 16.7. The molecule has 0 saturated carbocycles. The van der Waals surface area contributed by atoms with Crippen LogP contribution >= 0.6 is 0 Å². The van der Waals surface area contributed by atoms with E-state index in [-0.39, 0.29) is 29.7 Å². The molecular formula is C32H28N4O7. The highest BCUT2D eigenvalue weighted by atomic mass is 16.7. The van der Waals surface area contributed by atoms with E-state index in [4.69, 9.17) is 14.0 Å². The molecule has 11 heteroatoms. The summed E-state index contributed by atoms with van der Waals surface area (Å²) in [4.78, 5) is 49.0. The molecule has 0 radical (unpaired) electrons. The van der Waals surface area contributed by atoms with Crippen LogP contribution in [0.2, 0.25) is 0 Å². The Morgan fingerprint density at radius 3 is 2.58 bits per heavy atom. The Kier molecular flexibility index (Phi) is 6.21. The van der Waals surface area contributed by atoms with Crippen LogP contribution in [0, 0.1) is 5.92 Å². The predicted molar refractivity (Wildman–Crippen MR) is 152 cm³/mol. The zero-order valence-corrected chi connectivity index (χ0v) is 23.3. The number of ether oxygens (including phenoxy) is 1. The molecule has 0 aliphatic carbocycles. The van der Waals surface area contributed by atoms with Gasteiger partial charge in [0.25, 0.3) is 0 Å². The van der Waals surface area contributed by atoms with E-state index in [9.17, 15) is 19.5 Å². The highest BCUT2D eigenvalue weighted by molar-refractivity contribution is 5.90. The number of oxazole rings is 1. The number of nitrogens with zero attached hydrogens (tertiary/aromatic N) is 1. The van der Waals surface area contributed by atoms with Crippen molar-refractivity contribution in [2.45, 2.75) is 44.0 Å². The van der Waals surface area contributed by atoms with Gasteiger partial charge in [0.05, 0.1) is 5.56 Å². The maximum absolute atomic E-state index is 13.7. The van der Waals surface area contributed by atoms with E-state index < -0.39 is 41.6 Å². The van der Waals surface area contributed by atoms with E-state index in [0.717, 1.165) is 16.8 Å². The van der Waals surface area contributed by atoms with Gasteiger partial charge in [0.15, 0.2) is 17.7 Å². The molecule has 218 valence electrons. The highest BCUT2D eigenvalue weighted by Crippen LogP contribution is 2.58. The van der Waals surface area contributed by atoms with Gasteiger partial charge in [-0.3, -0.25) is 4.79 Å². The van der Waals surface area contributed by atoms with E-state index in [0.29, 0.717) is 16.9 Å². The lowest BCUT2D eigenvalue weighted by atomic mass is 9.72. The number of para-hydroxylation sites is 1. The SMILES string of the molecule is CC(C)[C@@H]1NC(=O)[C@@H](NOC(=O)c2ccccc2)Cc2ccc3c(c2)C2(c4ccccc4NC2O3)c2oc1nc2C(=O)O. The van der Waals surface area contributed by atoms with Crippen molar-refractivity contribution in [3.05, 3.63) is 112 Å². The smallest absolute Gasteiger partial charge is 0.358 e. The van der Waals surface area contributed by atoms with Crippen molar-refractivity contribution in [3.63, 3.8) is 0 Å². The summed E-state index contributed by atoms with van der Waals surface area (Å²) in [6, 6.07) is 19.8. The van der Waals surface area contributed by atoms with Crippen molar-refractivity contribution in [1.29, 1.82) is 0 Å². The molecule has 1 spiro atoms. The first-order valence-corrected chi connectivity index (χ1v) is 14.0. The molecule has 0 saturated heterocycles. The normalized spacial score (nSPS) is 23.1. The van der Waals surface area contributed by atoms with Gasteiger partial charge in [-0.25, -0.2) is 14.6 Å². The Balaban J connectivity index is 1.39. The van der Waals surface area contributed by atoms with Gasteiger partial charge in [0.2, 0.25) is 11.8 Å². The van der Waals surface area contributed by atoms with Crippen molar-refractivity contribution in [2.75, 3.05) is 5.32 Å². The average molecular weight is 581 g/mol. The second-order valence-electron chi connectivity index (χ2n) is 11.2. The third kappa shape index (κ3) is 4.15. The maximum Gasteiger partial charge on any atom is 0.358 e. The predicted octanol–water partition coefficient (Wildman–Crippen LogP) is 3.95. The summed E-state index contributed by atoms with van der Waals surface area (Å²) >= 11 is 0. The molecule has 1 amide bonds. The first-order valence-electron chi connectivity index (χ1n) is 14.0. The fourth-order valence-electron chi connectivity index (χ4n) is 6.18. The molecule has 4 aromatic rings. The summed E-state index contributed by atoms with van der Waals surface area (Å²) < 4.78 is 12.8. The Morgan fingerprint density at radius 1 is 1.05 bits per heavy atom. The second kappa shape index (κ2) is 9.99. The third-order valence-corrected chi connectivity index (χ3v) is 8.24. The van der Waals surface area contributed by atoms with Gasteiger partial charge in [-0.2, -0.15) is 0 Å². The van der Waals surface area contributed by atoms with E-state index in [1.165, 1.54) is 0 Å². The molecule has 1 aromatic heterocycles. The molecule has 4 N–H and O–H groups in total.